The van der Waals surface area contributed by atoms with Crippen LogP contribution in [0.15, 0.2) is 0 Å². The van der Waals surface area contributed by atoms with Crippen molar-refractivity contribution in [3.8, 4) is 0 Å². The Balaban J connectivity index is 1.51. The molecule has 2 aliphatic carbocycles. The monoisotopic (exact) mass is 432 g/mol. The van der Waals surface area contributed by atoms with Gasteiger partial charge < -0.3 is 10.6 Å². The molecule has 0 bridgehead atoms. The first-order chi connectivity index (χ1) is 14.9. The minimum Gasteiger partial charge on any atom is -0.353 e. The van der Waals surface area contributed by atoms with Crippen molar-refractivity contribution in [2.24, 2.45) is 17.3 Å². The lowest BCUT2D eigenvalue weighted by Gasteiger charge is -2.46. The summed E-state index contributed by atoms with van der Waals surface area (Å²) in [5, 5.41) is 7.44. The zero-order valence-electron chi connectivity index (χ0n) is 21.1. The molecule has 1 amide bonds. The van der Waals surface area contributed by atoms with Gasteiger partial charge in [-0.05, 0) is 81.6 Å². The van der Waals surface area contributed by atoms with E-state index in [1.807, 2.05) is 0 Å². The van der Waals surface area contributed by atoms with Crippen molar-refractivity contribution in [2.75, 3.05) is 6.54 Å². The number of piperidine rings is 1. The fourth-order valence-electron chi connectivity index (χ4n) is 6.94. The third-order valence-electron chi connectivity index (χ3n) is 8.53. The Morgan fingerprint density at radius 1 is 0.839 bits per heavy atom. The summed E-state index contributed by atoms with van der Waals surface area (Å²) in [4.78, 5) is 13.1. The minimum absolute atomic E-state index is 0.226. The number of rotatable bonds is 4. The van der Waals surface area contributed by atoms with Crippen LogP contribution in [-0.2, 0) is 4.79 Å². The molecule has 31 heavy (non-hydrogen) atoms. The molecular formula is C28H52N2O. The molecule has 2 N–H and O–H groups in total. The zero-order chi connectivity index (χ0) is 22.2. The molecule has 1 unspecified atom stereocenters. The van der Waals surface area contributed by atoms with E-state index in [-0.39, 0.29) is 5.54 Å². The van der Waals surface area contributed by atoms with Gasteiger partial charge >= 0.3 is 0 Å². The second-order valence-electron chi connectivity index (χ2n) is 12.5. The lowest BCUT2D eigenvalue weighted by atomic mass is 9.70. The average Bonchev–Trinajstić information content (AvgIpc) is 2.76. The van der Waals surface area contributed by atoms with E-state index in [4.69, 9.17) is 0 Å². The average molecular weight is 433 g/mol. The normalized spacial score (nSPS) is 31.0. The fraction of sp³-hybridized carbons (Fsp3) is 0.964. The molecule has 0 aromatic heterocycles. The van der Waals surface area contributed by atoms with Gasteiger partial charge in [0.05, 0.1) is 0 Å². The summed E-state index contributed by atoms with van der Waals surface area (Å²) >= 11 is 0. The van der Waals surface area contributed by atoms with Crippen LogP contribution in [0.5, 0.6) is 0 Å². The smallest absolute Gasteiger partial charge is 0.220 e. The molecule has 3 aliphatic rings. The van der Waals surface area contributed by atoms with Gasteiger partial charge in [-0.25, -0.2) is 0 Å². The van der Waals surface area contributed by atoms with Gasteiger partial charge in [0, 0.05) is 18.0 Å². The predicted octanol–water partition coefficient (Wildman–Crippen LogP) is 7.14. The number of carbonyl (C=O) groups excluding carboxylic acids is 1. The second kappa shape index (κ2) is 12.1. The molecule has 0 aromatic rings. The van der Waals surface area contributed by atoms with Gasteiger partial charge in [0.25, 0.3) is 0 Å². The number of nitrogens with one attached hydrogen (secondary N) is 2. The van der Waals surface area contributed by atoms with Gasteiger partial charge in [0.15, 0.2) is 0 Å². The van der Waals surface area contributed by atoms with Crippen LogP contribution < -0.4 is 10.6 Å². The van der Waals surface area contributed by atoms with E-state index in [0.717, 1.165) is 18.9 Å². The molecule has 3 nitrogen and oxygen atoms in total. The lowest BCUT2D eigenvalue weighted by molar-refractivity contribution is -0.124. The number of hydrogen-bond acceptors (Lipinski definition) is 2. The Morgan fingerprint density at radius 2 is 1.42 bits per heavy atom. The van der Waals surface area contributed by atoms with Crippen molar-refractivity contribution in [1.29, 1.82) is 0 Å². The molecule has 3 heteroatoms. The maximum atomic E-state index is 13.1. The van der Waals surface area contributed by atoms with Crippen LogP contribution in [0.4, 0.5) is 0 Å². The first-order valence-electron chi connectivity index (χ1n) is 13.9. The number of amides is 1. The Kier molecular flexibility index (Phi) is 9.74. The molecular weight excluding hydrogens is 380 g/mol. The Hall–Kier alpha value is -0.570. The first-order valence-corrected chi connectivity index (χ1v) is 13.9. The fourth-order valence-corrected chi connectivity index (χ4v) is 6.94. The topological polar surface area (TPSA) is 41.1 Å². The van der Waals surface area contributed by atoms with Crippen LogP contribution in [0, 0.1) is 17.3 Å². The number of carbonyl (C=O) groups is 1. The summed E-state index contributed by atoms with van der Waals surface area (Å²) in [5.74, 6) is 1.71. The maximum absolute atomic E-state index is 13.1. The van der Waals surface area contributed by atoms with Gasteiger partial charge in [-0.2, -0.15) is 0 Å². The lowest BCUT2D eigenvalue weighted by Crippen LogP contribution is -2.56. The van der Waals surface area contributed by atoms with E-state index in [9.17, 15) is 4.79 Å². The molecule has 0 radical (unpaired) electrons. The summed E-state index contributed by atoms with van der Waals surface area (Å²) in [6.45, 7) is 8.22. The van der Waals surface area contributed by atoms with Crippen molar-refractivity contribution in [1.82, 2.24) is 10.6 Å². The van der Waals surface area contributed by atoms with Crippen LogP contribution in [0.25, 0.3) is 0 Å². The third kappa shape index (κ3) is 8.37. The van der Waals surface area contributed by atoms with Crippen LogP contribution in [-0.4, -0.2) is 24.0 Å². The summed E-state index contributed by atoms with van der Waals surface area (Å²) in [5.41, 5.74) is 0.655. The van der Waals surface area contributed by atoms with Crippen LogP contribution in [0.1, 0.15) is 136 Å². The molecule has 1 atom stereocenters. The summed E-state index contributed by atoms with van der Waals surface area (Å²) in [7, 11) is 0. The van der Waals surface area contributed by atoms with E-state index < -0.39 is 0 Å². The summed E-state index contributed by atoms with van der Waals surface area (Å²) in [6, 6.07) is 0.420. The van der Waals surface area contributed by atoms with E-state index in [1.54, 1.807) is 0 Å². The van der Waals surface area contributed by atoms with Crippen LogP contribution in [0.2, 0.25) is 0 Å². The molecule has 3 fully saturated rings. The minimum atomic E-state index is 0.226. The molecule has 1 spiro atoms. The molecule has 0 aromatic carbocycles. The van der Waals surface area contributed by atoms with Gasteiger partial charge in [0.1, 0.15) is 0 Å². The van der Waals surface area contributed by atoms with Crippen LogP contribution in [0.3, 0.4) is 0 Å². The molecule has 1 saturated heterocycles. The van der Waals surface area contributed by atoms with Gasteiger partial charge in [-0.1, -0.05) is 72.1 Å². The van der Waals surface area contributed by atoms with E-state index in [1.165, 1.54) is 109 Å². The highest BCUT2D eigenvalue weighted by Crippen LogP contribution is 2.39. The Bertz CT molecular complexity index is 518. The molecule has 3 rings (SSSR count). The SMILES string of the molecule is CC(C)(C)CC1CCC(NC(=O)CC2CCCNC23CCCCCCCCCC3)CC1. The van der Waals surface area contributed by atoms with Crippen molar-refractivity contribution < 1.29 is 4.79 Å². The Morgan fingerprint density at radius 3 is 2.00 bits per heavy atom. The molecule has 180 valence electrons. The van der Waals surface area contributed by atoms with Crippen LogP contribution >= 0.6 is 0 Å². The van der Waals surface area contributed by atoms with E-state index >= 15 is 0 Å². The standard InChI is InChI=1S/C28H52N2O/c1-27(2,3)22-23-14-16-25(17-15-23)30-26(31)21-24-13-12-20-29-28(24)18-10-8-6-4-5-7-9-11-19-28/h23-25,29H,4-22H2,1-3H3,(H,30,31). The summed E-state index contributed by atoms with van der Waals surface area (Å²) < 4.78 is 0. The largest absolute Gasteiger partial charge is 0.353 e. The van der Waals surface area contributed by atoms with E-state index in [0.29, 0.717) is 23.3 Å². The second-order valence-corrected chi connectivity index (χ2v) is 12.5. The van der Waals surface area contributed by atoms with Crippen molar-refractivity contribution >= 4 is 5.91 Å². The van der Waals surface area contributed by atoms with Crippen molar-refractivity contribution in [3.63, 3.8) is 0 Å². The Labute approximate surface area is 193 Å². The zero-order valence-corrected chi connectivity index (χ0v) is 21.1. The van der Waals surface area contributed by atoms with Gasteiger partial charge in [-0.3, -0.25) is 4.79 Å². The maximum Gasteiger partial charge on any atom is 0.220 e. The number of hydrogen-bond donors (Lipinski definition) is 2. The molecule has 1 aliphatic heterocycles. The quantitative estimate of drug-likeness (QED) is 0.495. The molecule has 2 saturated carbocycles. The summed E-state index contributed by atoms with van der Waals surface area (Å²) in [6.07, 6.45) is 23.1. The highest BCUT2D eigenvalue weighted by Gasteiger charge is 2.40. The highest BCUT2D eigenvalue weighted by molar-refractivity contribution is 5.76. The third-order valence-corrected chi connectivity index (χ3v) is 8.53. The van der Waals surface area contributed by atoms with Gasteiger partial charge in [-0.15, -0.1) is 0 Å². The van der Waals surface area contributed by atoms with Gasteiger partial charge in [0.2, 0.25) is 5.91 Å². The highest BCUT2D eigenvalue weighted by atomic mass is 16.1. The van der Waals surface area contributed by atoms with Crippen molar-refractivity contribution in [2.45, 2.75) is 148 Å². The van der Waals surface area contributed by atoms with Crippen molar-refractivity contribution in [3.05, 3.63) is 0 Å². The van der Waals surface area contributed by atoms with E-state index in [2.05, 4.69) is 31.4 Å². The first kappa shape index (κ1) is 25.1. The molecule has 1 heterocycles. The predicted molar refractivity (Wildman–Crippen MR) is 132 cm³/mol.